The van der Waals surface area contributed by atoms with E-state index in [9.17, 15) is 10.2 Å². The monoisotopic (exact) mass is 436 g/mol. The highest BCUT2D eigenvalue weighted by Gasteiger charge is 2.40. The Morgan fingerprint density at radius 1 is 0.565 bits per heavy atom. The van der Waals surface area contributed by atoms with Crippen LogP contribution in [-0.2, 0) is 0 Å². The summed E-state index contributed by atoms with van der Waals surface area (Å²) in [6.45, 7) is 2.26. The minimum Gasteiger partial charge on any atom is -1.00 e. The highest BCUT2D eigenvalue weighted by molar-refractivity contribution is 7.95. The van der Waals surface area contributed by atoms with Crippen molar-refractivity contribution in [1.29, 1.82) is 0 Å². The first-order chi connectivity index (χ1) is 10.6. The second-order valence-corrected chi connectivity index (χ2v) is 8.94. The third-order valence-corrected chi connectivity index (χ3v) is 8.00. The summed E-state index contributed by atoms with van der Waals surface area (Å²) in [4.78, 5) is 0. The van der Waals surface area contributed by atoms with Crippen LogP contribution in [0.25, 0.3) is 0 Å². The lowest BCUT2D eigenvalue weighted by molar-refractivity contribution is -0.00000641. The number of benzene rings is 3. The van der Waals surface area contributed by atoms with Gasteiger partial charge in [0, 0.05) is 0 Å². The molecule has 118 valence electrons. The van der Waals surface area contributed by atoms with Crippen molar-refractivity contribution in [3.8, 4) is 11.5 Å². The van der Waals surface area contributed by atoms with Gasteiger partial charge in [0.1, 0.15) is 34.7 Å². The number of aromatic hydroxyl groups is 2. The van der Waals surface area contributed by atoms with Crippen molar-refractivity contribution in [1.82, 2.24) is 0 Å². The highest BCUT2D eigenvalue weighted by Crippen LogP contribution is 2.51. The van der Waals surface area contributed by atoms with Crippen LogP contribution in [0.3, 0.4) is 0 Å². The van der Waals surface area contributed by atoms with E-state index in [1.54, 1.807) is 24.3 Å². The molecule has 0 radical (unpaired) electrons. The van der Waals surface area contributed by atoms with E-state index in [0.717, 1.165) is 0 Å². The molecule has 2 N–H and O–H groups in total. The summed E-state index contributed by atoms with van der Waals surface area (Å²) >= 11 is 0. The molecule has 0 saturated heterocycles. The first-order valence-corrected chi connectivity index (χ1v) is 9.35. The van der Waals surface area contributed by atoms with Gasteiger partial charge in [0.25, 0.3) is 0 Å². The molecule has 3 aromatic carbocycles. The van der Waals surface area contributed by atoms with E-state index >= 15 is 0 Å². The molecule has 23 heavy (non-hydrogen) atoms. The zero-order valence-electron chi connectivity index (χ0n) is 12.7. The first kappa shape index (κ1) is 17.8. The minimum absolute atomic E-state index is 0. The molecule has 0 amide bonds. The summed E-state index contributed by atoms with van der Waals surface area (Å²) in [6.07, 6.45) is 0. The van der Waals surface area contributed by atoms with Gasteiger partial charge in [-0.25, -0.2) is 0 Å². The number of phenolic OH excluding ortho intramolecular Hbond substituents is 2. The average molecular weight is 436 g/mol. The summed E-state index contributed by atoms with van der Waals surface area (Å²) < 4.78 is 0. The van der Waals surface area contributed by atoms with Crippen LogP contribution in [0.4, 0.5) is 0 Å². The van der Waals surface area contributed by atoms with Crippen LogP contribution in [0.5, 0.6) is 11.5 Å². The van der Waals surface area contributed by atoms with Gasteiger partial charge in [0.2, 0.25) is 0 Å². The summed E-state index contributed by atoms with van der Waals surface area (Å²) in [5, 5.41) is 22.8. The van der Waals surface area contributed by atoms with Gasteiger partial charge in [-0.15, -0.1) is 0 Å². The molecule has 0 saturated carbocycles. The van der Waals surface area contributed by atoms with Gasteiger partial charge in [0.05, 0.1) is 6.66 Å². The summed E-state index contributed by atoms with van der Waals surface area (Å²) in [7, 11) is -1.79. The van der Waals surface area contributed by atoms with Crippen molar-refractivity contribution < 1.29 is 34.2 Å². The Hall–Kier alpha value is -1.58. The van der Waals surface area contributed by atoms with E-state index in [1.165, 1.54) is 15.9 Å². The topological polar surface area (TPSA) is 40.5 Å². The maximum atomic E-state index is 9.58. The van der Waals surface area contributed by atoms with Crippen molar-refractivity contribution in [3.05, 3.63) is 78.9 Å². The van der Waals surface area contributed by atoms with Crippen LogP contribution >= 0.6 is 7.26 Å². The molecule has 0 fully saturated rings. The van der Waals surface area contributed by atoms with Gasteiger partial charge in [-0.3, -0.25) is 0 Å². The predicted octanol–water partition coefficient (Wildman–Crippen LogP) is 0.0255. The summed E-state index contributed by atoms with van der Waals surface area (Å²) in [6, 6.07) is 25.3. The van der Waals surface area contributed by atoms with Crippen LogP contribution in [0.2, 0.25) is 0 Å². The molecule has 0 spiro atoms. The molecule has 0 aromatic heterocycles. The minimum atomic E-state index is -1.79. The lowest BCUT2D eigenvalue weighted by Crippen LogP contribution is -3.00. The van der Waals surface area contributed by atoms with Gasteiger partial charge in [-0.05, 0) is 60.7 Å². The Bertz CT molecular complexity index is 710. The van der Waals surface area contributed by atoms with E-state index in [-0.39, 0.29) is 35.5 Å². The predicted molar refractivity (Wildman–Crippen MR) is 94.4 cm³/mol. The average Bonchev–Trinajstić information content (AvgIpc) is 2.56. The molecular weight excluding hydrogens is 418 g/mol. The molecule has 0 aliphatic heterocycles. The van der Waals surface area contributed by atoms with Crippen LogP contribution in [0.15, 0.2) is 78.9 Å². The second kappa shape index (κ2) is 7.33. The fourth-order valence-corrected chi connectivity index (χ4v) is 5.83. The molecule has 2 nitrogen and oxygen atoms in total. The molecule has 0 aliphatic rings. The molecule has 4 heteroatoms. The zero-order valence-corrected chi connectivity index (χ0v) is 15.8. The third kappa shape index (κ3) is 3.51. The molecule has 0 atom stereocenters. The lowest BCUT2D eigenvalue weighted by Gasteiger charge is -2.23. The molecule has 3 aromatic rings. The quantitative estimate of drug-likeness (QED) is 0.450. The normalized spacial score (nSPS) is 10.8. The van der Waals surface area contributed by atoms with Crippen molar-refractivity contribution in [2.75, 3.05) is 6.66 Å². The highest BCUT2D eigenvalue weighted by atomic mass is 127. The molecule has 3 rings (SSSR count). The van der Waals surface area contributed by atoms with E-state index in [2.05, 4.69) is 30.9 Å². The maximum absolute atomic E-state index is 9.58. The van der Waals surface area contributed by atoms with Crippen molar-refractivity contribution >= 4 is 23.2 Å². The van der Waals surface area contributed by atoms with E-state index < -0.39 is 7.26 Å². The standard InChI is InChI=1S/C19H17O2P.HI/c1-22(17-5-3-2-4-6-17,18-11-7-15(20)8-12-18)19-13-9-16(21)10-14-19;/h2-14H,1H3,(H-,20,21);1H. The molecule has 0 heterocycles. The molecule has 0 unspecified atom stereocenters. The summed E-state index contributed by atoms with van der Waals surface area (Å²) in [5.74, 6) is 0.545. The first-order valence-electron chi connectivity index (χ1n) is 7.12. The van der Waals surface area contributed by atoms with Crippen molar-refractivity contribution in [3.63, 3.8) is 0 Å². The second-order valence-electron chi connectivity index (χ2n) is 5.37. The van der Waals surface area contributed by atoms with Gasteiger partial charge in [-0.1, -0.05) is 18.2 Å². The van der Waals surface area contributed by atoms with Crippen LogP contribution < -0.4 is 39.9 Å². The van der Waals surface area contributed by atoms with Gasteiger partial charge < -0.3 is 34.2 Å². The van der Waals surface area contributed by atoms with Gasteiger partial charge in [0.15, 0.2) is 0 Å². The van der Waals surface area contributed by atoms with Crippen molar-refractivity contribution in [2.45, 2.75) is 0 Å². The Morgan fingerprint density at radius 2 is 0.913 bits per heavy atom. The van der Waals surface area contributed by atoms with Crippen molar-refractivity contribution in [2.24, 2.45) is 0 Å². The van der Waals surface area contributed by atoms with E-state index in [4.69, 9.17) is 0 Å². The van der Waals surface area contributed by atoms with Crippen LogP contribution in [-0.4, -0.2) is 16.9 Å². The van der Waals surface area contributed by atoms with Gasteiger partial charge in [-0.2, -0.15) is 0 Å². The number of hydrogen-bond acceptors (Lipinski definition) is 2. The Balaban J connectivity index is 0.00000192. The van der Waals surface area contributed by atoms with E-state index in [0.29, 0.717) is 0 Å². The Labute approximate surface area is 154 Å². The smallest absolute Gasteiger partial charge is 0.115 e. The fraction of sp³-hybridized carbons (Fsp3) is 0.0526. The Morgan fingerprint density at radius 3 is 1.30 bits per heavy atom. The number of rotatable bonds is 3. The largest absolute Gasteiger partial charge is 1.00 e. The molecule has 0 aliphatic carbocycles. The van der Waals surface area contributed by atoms with Gasteiger partial charge >= 0.3 is 0 Å². The zero-order chi connectivity index (χ0) is 15.6. The number of halogens is 1. The molecular formula is C19H18IO2P. The number of hydrogen-bond donors (Lipinski definition) is 2. The number of phenols is 2. The lowest BCUT2D eigenvalue weighted by atomic mass is 10.3. The third-order valence-electron chi connectivity index (χ3n) is 4.00. The fourth-order valence-electron chi connectivity index (χ4n) is 2.67. The van der Waals surface area contributed by atoms with Crippen LogP contribution in [0.1, 0.15) is 0 Å². The SMILES string of the molecule is C[P+](c1ccccc1)(c1ccc(O)cc1)c1ccc(O)cc1.[I-]. The Kier molecular flexibility index (Phi) is 5.66. The maximum Gasteiger partial charge on any atom is 0.115 e. The van der Waals surface area contributed by atoms with E-state index in [1.807, 2.05) is 30.3 Å². The van der Waals surface area contributed by atoms with Crippen LogP contribution in [0, 0.1) is 0 Å². The molecule has 0 bridgehead atoms. The summed E-state index contributed by atoms with van der Waals surface area (Å²) in [5.41, 5.74) is 0.